The van der Waals surface area contributed by atoms with Crippen LogP contribution in [0.2, 0.25) is 0 Å². The third kappa shape index (κ3) is 2.53. The zero-order valence-corrected chi connectivity index (χ0v) is 15.2. The quantitative estimate of drug-likeness (QED) is 0.861. The largest absolute Gasteiger partial charge is 0.338 e. The van der Waals surface area contributed by atoms with Crippen LogP contribution in [-0.4, -0.2) is 40.4 Å². The van der Waals surface area contributed by atoms with Crippen LogP contribution in [-0.2, 0) is 5.41 Å². The highest BCUT2D eigenvalue weighted by molar-refractivity contribution is 5.93. The van der Waals surface area contributed by atoms with Crippen molar-refractivity contribution in [2.75, 3.05) is 19.6 Å². The molecule has 5 aliphatic rings. The molecule has 140 valence electrons. The van der Waals surface area contributed by atoms with E-state index in [9.17, 15) is 9.59 Å². The van der Waals surface area contributed by atoms with E-state index >= 15 is 0 Å². The molecule has 6 rings (SSSR count). The Hall–Kier alpha value is -1.69. The Labute approximate surface area is 153 Å². The van der Waals surface area contributed by atoms with Gasteiger partial charge >= 0.3 is 0 Å². The third-order valence-electron chi connectivity index (χ3n) is 7.48. The van der Waals surface area contributed by atoms with Crippen LogP contribution in [0.5, 0.6) is 0 Å². The Balaban J connectivity index is 1.41. The molecule has 4 bridgehead atoms. The van der Waals surface area contributed by atoms with E-state index in [0.29, 0.717) is 25.6 Å². The van der Waals surface area contributed by atoms with Crippen LogP contribution < -0.4 is 11.3 Å². The molecule has 4 aliphatic carbocycles. The summed E-state index contributed by atoms with van der Waals surface area (Å²) in [5.74, 6) is 3.37. The van der Waals surface area contributed by atoms with Crippen molar-refractivity contribution in [2.45, 2.75) is 50.4 Å². The van der Waals surface area contributed by atoms with Gasteiger partial charge in [-0.2, -0.15) is 0 Å². The molecule has 1 aliphatic heterocycles. The summed E-state index contributed by atoms with van der Waals surface area (Å²) in [6, 6.07) is 0. The summed E-state index contributed by atoms with van der Waals surface area (Å²) in [5.41, 5.74) is 5.67. The number of nitrogens with zero attached hydrogens (tertiary/aromatic N) is 2. The molecule has 5 fully saturated rings. The Kier molecular flexibility index (Phi) is 3.75. The van der Waals surface area contributed by atoms with E-state index in [2.05, 4.69) is 9.97 Å². The van der Waals surface area contributed by atoms with Gasteiger partial charge in [-0.3, -0.25) is 9.59 Å². The normalized spacial score (nSPS) is 38.1. The van der Waals surface area contributed by atoms with E-state index in [1.165, 1.54) is 25.5 Å². The number of nitrogens with two attached hydrogens (primary N) is 1. The first kappa shape index (κ1) is 16.5. The lowest BCUT2D eigenvalue weighted by Crippen LogP contribution is -2.50. The SMILES string of the molecule is NCC1CCN(C(=O)c2cnc(C34CC5CC(CC(C5)C3)C4)[nH]c2=O)C1. The Morgan fingerprint density at radius 1 is 1.23 bits per heavy atom. The number of carbonyl (C=O) groups is 1. The Bertz CT molecular complexity index is 751. The van der Waals surface area contributed by atoms with Crippen LogP contribution in [0.15, 0.2) is 11.0 Å². The summed E-state index contributed by atoms with van der Waals surface area (Å²) in [6.45, 7) is 1.91. The predicted octanol–water partition coefficient (Wildman–Crippen LogP) is 1.66. The number of likely N-dealkylation sites (tertiary alicyclic amines) is 1. The molecular weight excluding hydrogens is 328 g/mol. The highest BCUT2D eigenvalue weighted by Crippen LogP contribution is 2.59. The summed E-state index contributed by atoms with van der Waals surface area (Å²) < 4.78 is 0. The number of carbonyl (C=O) groups excluding carboxylic acids is 1. The first-order valence-electron chi connectivity index (χ1n) is 10.2. The van der Waals surface area contributed by atoms with Crippen molar-refractivity contribution in [1.82, 2.24) is 14.9 Å². The monoisotopic (exact) mass is 356 g/mol. The number of rotatable bonds is 3. The van der Waals surface area contributed by atoms with E-state index in [1.807, 2.05) is 0 Å². The van der Waals surface area contributed by atoms with Gasteiger partial charge in [0.05, 0.1) is 0 Å². The number of amides is 1. The fourth-order valence-electron chi connectivity index (χ4n) is 6.60. The highest BCUT2D eigenvalue weighted by atomic mass is 16.2. The van der Waals surface area contributed by atoms with Crippen molar-refractivity contribution in [2.24, 2.45) is 29.4 Å². The molecule has 3 N–H and O–H groups in total. The van der Waals surface area contributed by atoms with Gasteiger partial charge in [0.2, 0.25) is 0 Å². The summed E-state index contributed by atoms with van der Waals surface area (Å²) in [6.07, 6.45) is 9.98. The number of hydrogen-bond acceptors (Lipinski definition) is 4. The van der Waals surface area contributed by atoms with E-state index in [-0.39, 0.29) is 22.4 Å². The zero-order chi connectivity index (χ0) is 17.9. The van der Waals surface area contributed by atoms with Crippen LogP contribution in [0.1, 0.15) is 61.1 Å². The van der Waals surface area contributed by atoms with Gasteiger partial charge in [-0.1, -0.05) is 0 Å². The van der Waals surface area contributed by atoms with Gasteiger partial charge in [0, 0.05) is 24.7 Å². The van der Waals surface area contributed by atoms with E-state index in [0.717, 1.165) is 49.3 Å². The minimum absolute atomic E-state index is 0.0494. The second-order valence-corrected chi connectivity index (χ2v) is 9.31. The van der Waals surface area contributed by atoms with Crippen molar-refractivity contribution in [3.05, 3.63) is 27.9 Å². The molecule has 2 heterocycles. The Morgan fingerprint density at radius 2 is 1.88 bits per heavy atom. The molecular formula is C20H28N4O2. The molecule has 26 heavy (non-hydrogen) atoms. The summed E-state index contributed by atoms with van der Waals surface area (Å²) in [7, 11) is 0. The van der Waals surface area contributed by atoms with Crippen molar-refractivity contribution in [1.29, 1.82) is 0 Å². The van der Waals surface area contributed by atoms with E-state index < -0.39 is 0 Å². The molecule has 0 spiro atoms. The lowest BCUT2D eigenvalue weighted by atomic mass is 9.49. The molecule has 1 aromatic rings. The predicted molar refractivity (Wildman–Crippen MR) is 97.8 cm³/mol. The molecule has 1 saturated heterocycles. The van der Waals surface area contributed by atoms with Gasteiger partial charge in [-0.05, 0) is 75.2 Å². The molecule has 6 nitrogen and oxygen atoms in total. The highest BCUT2D eigenvalue weighted by Gasteiger charge is 2.53. The fourth-order valence-corrected chi connectivity index (χ4v) is 6.60. The topological polar surface area (TPSA) is 92.1 Å². The van der Waals surface area contributed by atoms with Gasteiger partial charge < -0.3 is 15.6 Å². The number of hydrogen-bond donors (Lipinski definition) is 2. The molecule has 1 aromatic heterocycles. The molecule has 6 heteroatoms. The molecule has 0 aromatic carbocycles. The van der Waals surface area contributed by atoms with Gasteiger partial charge in [-0.15, -0.1) is 0 Å². The maximum atomic E-state index is 12.7. The third-order valence-corrected chi connectivity index (χ3v) is 7.48. The van der Waals surface area contributed by atoms with E-state index in [1.54, 1.807) is 4.90 Å². The second kappa shape index (κ2) is 5.91. The number of aromatic amines is 1. The van der Waals surface area contributed by atoms with Crippen molar-refractivity contribution in [3.8, 4) is 0 Å². The fraction of sp³-hybridized carbons (Fsp3) is 0.750. The lowest BCUT2D eigenvalue weighted by Gasteiger charge is -2.56. The minimum atomic E-state index is -0.271. The second-order valence-electron chi connectivity index (χ2n) is 9.31. The smallest absolute Gasteiger partial charge is 0.263 e. The molecule has 1 amide bonds. The number of H-pyrrole nitrogens is 1. The van der Waals surface area contributed by atoms with Crippen LogP contribution in [0.4, 0.5) is 0 Å². The van der Waals surface area contributed by atoms with Crippen LogP contribution in [0.3, 0.4) is 0 Å². The Morgan fingerprint density at radius 3 is 2.42 bits per heavy atom. The van der Waals surface area contributed by atoms with Crippen LogP contribution >= 0.6 is 0 Å². The van der Waals surface area contributed by atoms with Crippen molar-refractivity contribution >= 4 is 5.91 Å². The van der Waals surface area contributed by atoms with Crippen LogP contribution in [0.25, 0.3) is 0 Å². The average molecular weight is 356 g/mol. The van der Waals surface area contributed by atoms with Gasteiger partial charge in [-0.25, -0.2) is 4.98 Å². The number of nitrogens with one attached hydrogen (secondary N) is 1. The van der Waals surface area contributed by atoms with Crippen molar-refractivity contribution < 1.29 is 4.79 Å². The van der Waals surface area contributed by atoms with Crippen molar-refractivity contribution in [3.63, 3.8) is 0 Å². The summed E-state index contributed by atoms with van der Waals surface area (Å²) in [4.78, 5) is 34.8. The maximum Gasteiger partial charge on any atom is 0.263 e. The molecule has 4 saturated carbocycles. The molecule has 1 unspecified atom stereocenters. The number of aromatic nitrogens is 2. The zero-order valence-electron chi connectivity index (χ0n) is 15.2. The summed E-state index contributed by atoms with van der Waals surface area (Å²) >= 11 is 0. The average Bonchev–Trinajstić information content (AvgIpc) is 3.09. The van der Waals surface area contributed by atoms with Gasteiger partial charge in [0.25, 0.3) is 11.5 Å². The standard InChI is InChI=1S/C20H28N4O2/c21-9-12-1-2-24(11-12)18(26)16-10-22-19(23-17(16)25)20-6-13-3-14(7-20)5-15(4-13)8-20/h10,12-15H,1-9,11,21H2,(H,22,23,25). The van der Waals surface area contributed by atoms with Crippen LogP contribution in [0, 0.1) is 23.7 Å². The van der Waals surface area contributed by atoms with Gasteiger partial charge in [0.1, 0.15) is 11.4 Å². The lowest BCUT2D eigenvalue weighted by molar-refractivity contribution is -0.00954. The maximum absolute atomic E-state index is 12.7. The summed E-state index contributed by atoms with van der Waals surface area (Å²) in [5, 5.41) is 0. The first-order valence-corrected chi connectivity index (χ1v) is 10.2. The molecule has 0 radical (unpaired) electrons. The van der Waals surface area contributed by atoms with E-state index in [4.69, 9.17) is 5.73 Å². The minimum Gasteiger partial charge on any atom is -0.338 e. The molecule has 1 atom stereocenters. The first-order chi connectivity index (χ1) is 12.6. The van der Waals surface area contributed by atoms with Gasteiger partial charge in [0.15, 0.2) is 0 Å².